The molecule has 0 spiro atoms. The Labute approximate surface area is 134 Å². The normalized spacial score (nSPS) is 17.6. The summed E-state index contributed by atoms with van der Waals surface area (Å²) in [6.07, 6.45) is 1.76. The van der Waals surface area contributed by atoms with Gasteiger partial charge in [-0.3, -0.25) is 4.79 Å². The molecule has 114 valence electrons. The molecule has 0 radical (unpaired) electrons. The molecule has 1 heterocycles. The number of carbonyl (C=O) groups is 1. The van der Waals surface area contributed by atoms with E-state index in [0.717, 1.165) is 11.3 Å². The number of amides is 1. The van der Waals surface area contributed by atoms with Crippen molar-refractivity contribution in [3.63, 3.8) is 0 Å². The minimum atomic E-state index is -0.672. The third-order valence-corrected chi connectivity index (χ3v) is 3.51. The molecule has 5 nitrogen and oxygen atoms in total. The SMILES string of the molecule is C=Cc1ccc(N=NC2C(=O)N(c3ccccc3)N=C2C)cc1. The average Bonchev–Trinajstić information content (AvgIpc) is 2.88. The number of nitrogens with zero attached hydrogens (tertiary/aromatic N) is 4. The van der Waals surface area contributed by atoms with Gasteiger partial charge in [-0.15, -0.1) is 0 Å². The molecule has 1 aliphatic heterocycles. The molecule has 0 saturated carbocycles. The summed E-state index contributed by atoms with van der Waals surface area (Å²) in [5, 5.41) is 14.0. The van der Waals surface area contributed by atoms with Crippen LogP contribution in [-0.4, -0.2) is 17.7 Å². The standard InChI is InChI=1S/C18H16N4O/c1-3-14-9-11-15(12-10-14)19-20-17-13(2)21-22(18(17)23)16-7-5-4-6-8-16/h3-12,17H,1H2,2H3. The van der Waals surface area contributed by atoms with Gasteiger partial charge < -0.3 is 0 Å². The quantitative estimate of drug-likeness (QED) is 0.781. The topological polar surface area (TPSA) is 57.4 Å². The monoisotopic (exact) mass is 304 g/mol. The minimum Gasteiger partial charge on any atom is -0.269 e. The van der Waals surface area contributed by atoms with Crippen molar-refractivity contribution in [1.29, 1.82) is 0 Å². The number of benzene rings is 2. The zero-order valence-corrected chi connectivity index (χ0v) is 12.8. The highest BCUT2D eigenvalue weighted by Gasteiger charge is 2.34. The fourth-order valence-electron chi connectivity index (χ4n) is 2.24. The van der Waals surface area contributed by atoms with Crippen LogP contribution >= 0.6 is 0 Å². The molecular formula is C18H16N4O. The first-order valence-electron chi connectivity index (χ1n) is 7.26. The Balaban J connectivity index is 1.78. The lowest BCUT2D eigenvalue weighted by atomic mass is 10.2. The first-order valence-corrected chi connectivity index (χ1v) is 7.26. The van der Waals surface area contributed by atoms with Crippen molar-refractivity contribution < 1.29 is 4.79 Å². The molecule has 0 aliphatic carbocycles. The second-order valence-corrected chi connectivity index (χ2v) is 5.14. The lowest BCUT2D eigenvalue weighted by Gasteiger charge is -2.11. The number of para-hydroxylation sites is 1. The molecule has 1 aliphatic rings. The van der Waals surface area contributed by atoms with Gasteiger partial charge in [-0.1, -0.05) is 43.0 Å². The van der Waals surface area contributed by atoms with Crippen molar-refractivity contribution in [3.05, 3.63) is 66.7 Å². The molecule has 0 bridgehead atoms. The van der Waals surface area contributed by atoms with Crippen LogP contribution < -0.4 is 5.01 Å². The van der Waals surface area contributed by atoms with Gasteiger partial charge in [0, 0.05) is 0 Å². The van der Waals surface area contributed by atoms with Gasteiger partial charge in [0.15, 0.2) is 6.04 Å². The molecule has 0 N–H and O–H groups in total. The highest BCUT2D eigenvalue weighted by molar-refractivity contribution is 6.18. The van der Waals surface area contributed by atoms with E-state index in [-0.39, 0.29) is 5.91 Å². The third-order valence-electron chi connectivity index (χ3n) is 3.51. The number of carbonyl (C=O) groups excluding carboxylic acids is 1. The maximum atomic E-state index is 12.5. The van der Waals surface area contributed by atoms with Crippen LogP contribution in [-0.2, 0) is 4.79 Å². The first kappa shape index (κ1) is 14.8. The van der Waals surface area contributed by atoms with Crippen LogP contribution in [0.4, 0.5) is 11.4 Å². The van der Waals surface area contributed by atoms with Gasteiger partial charge in [0.1, 0.15) is 0 Å². The molecule has 5 heteroatoms. The van der Waals surface area contributed by atoms with E-state index in [4.69, 9.17) is 0 Å². The summed E-state index contributed by atoms with van der Waals surface area (Å²) in [5.74, 6) is -0.194. The summed E-state index contributed by atoms with van der Waals surface area (Å²) < 4.78 is 0. The molecule has 23 heavy (non-hydrogen) atoms. The van der Waals surface area contributed by atoms with Crippen LogP contribution in [0.5, 0.6) is 0 Å². The van der Waals surface area contributed by atoms with Gasteiger partial charge in [-0.2, -0.15) is 20.3 Å². The summed E-state index contributed by atoms with van der Waals surface area (Å²) in [4.78, 5) is 12.5. The molecule has 2 aromatic carbocycles. The van der Waals surface area contributed by atoms with Crippen LogP contribution in [0, 0.1) is 0 Å². The van der Waals surface area contributed by atoms with Crippen molar-refractivity contribution in [2.24, 2.45) is 15.3 Å². The van der Waals surface area contributed by atoms with Crippen LogP contribution in [0.25, 0.3) is 6.08 Å². The van der Waals surface area contributed by atoms with Crippen molar-refractivity contribution in [3.8, 4) is 0 Å². The van der Waals surface area contributed by atoms with Crippen LogP contribution in [0.1, 0.15) is 12.5 Å². The van der Waals surface area contributed by atoms with Gasteiger partial charge in [-0.25, -0.2) is 0 Å². The Morgan fingerprint density at radius 1 is 1.13 bits per heavy atom. The van der Waals surface area contributed by atoms with E-state index in [1.54, 1.807) is 13.0 Å². The van der Waals surface area contributed by atoms with Gasteiger partial charge in [-0.05, 0) is 36.8 Å². The number of anilines is 1. The zero-order valence-electron chi connectivity index (χ0n) is 12.8. The number of hydrogen-bond acceptors (Lipinski definition) is 4. The highest BCUT2D eigenvalue weighted by Crippen LogP contribution is 2.23. The van der Waals surface area contributed by atoms with Gasteiger partial charge >= 0.3 is 0 Å². The molecule has 3 rings (SSSR count). The van der Waals surface area contributed by atoms with Crippen molar-refractivity contribution >= 4 is 29.1 Å². The Bertz CT molecular complexity index is 778. The lowest BCUT2D eigenvalue weighted by molar-refractivity contribution is -0.117. The van der Waals surface area contributed by atoms with E-state index in [1.807, 2.05) is 54.6 Å². The predicted molar refractivity (Wildman–Crippen MR) is 91.9 cm³/mol. The summed E-state index contributed by atoms with van der Waals surface area (Å²) in [6, 6.07) is 16.1. The van der Waals surface area contributed by atoms with E-state index in [9.17, 15) is 4.79 Å². The molecule has 1 unspecified atom stereocenters. The first-order chi connectivity index (χ1) is 11.2. The fourth-order valence-corrected chi connectivity index (χ4v) is 2.24. The smallest absolute Gasteiger partial charge is 0.269 e. The van der Waals surface area contributed by atoms with Crippen LogP contribution in [0.3, 0.4) is 0 Å². The van der Waals surface area contributed by atoms with Crippen molar-refractivity contribution in [2.45, 2.75) is 13.0 Å². The Hall–Kier alpha value is -3.08. The minimum absolute atomic E-state index is 0.194. The lowest BCUT2D eigenvalue weighted by Crippen LogP contribution is -2.29. The Kier molecular flexibility index (Phi) is 4.10. The van der Waals surface area contributed by atoms with Gasteiger partial charge in [0.25, 0.3) is 5.91 Å². The molecule has 1 atom stereocenters. The number of azo groups is 1. The van der Waals surface area contributed by atoms with E-state index >= 15 is 0 Å². The van der Waals surface area contributed by atoms with Crippen LogP contribution in [0.15, 0.2) is 76.5 Å². The molecule has 2 aromatic rings. The van der Waals surface area contributed by atoms with E-state index < -0.39 is 6.04 Å². The van der Waals surface area contributed by atoms with E-state index in [1.165, 1.54) is 5.01 Å². The molecule has 1 amide bonds. The van der Waals surface area contributed by atoms with Crippen LogP contribution in [0.2, 0.25) is 0 Å². The maximum absolute atomic E-state index is 12.5. The molecule has 0 aromatic heterocycles. The summed E-state index contributed by atoms with van der Waals surface area (Å²) in [6.45, 7) is 5.49. The molecule has 0 fully saturated rings. The Morgan fingerprint density at radius 2 is 1.83 bits per heavy atom. The molecular weight excluding hydrogens is 288 g/mol. The van der Waals surface area contributed by atoms with Gasteiger partial charge in [0.2, 0.25) is 0 Å². The van der Waals surface area contributed by atoms with Crippen molar-refractivity contribution in [1.82, 2.24) is 0 Å². The zero-order chi connectivity index (χ0) is 16.2. The number of rotatable bonds is 4. The fraction of sp³-hybridized carbons (Fsp3) is 0.111. The second-order valence-electron chi connectivity index (χ2n) is 5.14. The Morgan fingerprint density at radius 3 is 2.48 bits per heavy atom. The summed E-state index contributed by atoms with van der Waals surface area (Å²) in [7, 11) is 0. The predicted octanol–water partition coefficient (Wildman–Crippen LogP) is 4.20. The average molecular weight is 304 g/mol. The van der Waals surface area contributed by atoms with E-state index in [2.05, 4.69) is 21.9 Å². The highest BCUT2D eigenvalue weighted by atomic mass is 16.2. The molecule has 0 saturated heterocycles. The van der Waals surface area contributed by atoms with Gasteiger partial charge in [0.05, 0.1) is 17.1 Å². The second kappa shape index (κ2) is 6.36. The summed E-state index contributed by atoms with van der Waals surface area (Å²) >= 11 is 0. The number of hydrogen-bond donors (Lipinski definition) is 0. The largest absolute Gasteiger partial charge is 0.280 e. The number of hydrazone groups is 1. The maximum Gasteiger partial charge on any atom is 0.280 e. The van der Waals surface area contributed by atoms with E-state index in [0.29, 0.717) is 11.4 Å². The third kappa shape index (κ3) is 3.08. The summed E-state index contributed by atoms with van der Waals surface area (Å²) in [5.41, 5.74) is 3.05. The van der Waals surface area contributed by atoms with Crippen molar-refractivity contribution in [2.75, 3.05) is 5.01 Å².